The SMILES string of the molecule is COc1cccc([S+](c2cccc(C)c2)c2cccc(OC)c2)c1.Cc1cccc([S+](c2ccccc2C)c2ccccc2C)c1.c1ccc([I+]c2ccccc2)cc1. The minimum Gasteiger partial charge on any atom is -0.497 e. The molecule has 0 unspecified atom stereocenters. The Morgan fingerprint density at radius 2 is 0.695 bits per heavy atom. The molecule has 0 aromatic heterocycles. The summed E-state index contributed by atoms with van der Waals surface area (Å²) >= 11 is 0.0287. The highest BCUT2D eigenvalue weighted by Gasteiger charge is 2.32. The van der Waals surface area contributed by atoms with Gasteiger partial charge >= 0.3 is 21.2 Å². The molecule has 0 amide bonds. The van der Waals surface area contributed by atoms with Crippen LogP contribution >= 0.6 is 0 Å². The summed E-state index contributed by atoms with van der Waals surface area (Å²) in [4.78, 5) is 7.98. The Balaban J connectivity index is 0.000000155. The fourth-order valence-electron chi connectivity index (χ4n) is 6.37. The van der Waals surface area contributed by atoms with Crippen molar-refractivity contribution < 1.29 is 30.7 Å². The van der Waals surface area contributed by atoms with Crippen LogP contribution < -0.4 is 30.7 Å². The van der Waals surface area contributed by atoms with Gasteiger partial charge in [-0.2, -0.15) is 0 Å². The van der Waals surface area contributed by atoms with E-state index in [2.05, 4.69) is 210 Å². The predicted molar refractivity (Wildman–Crippen MR) is 245 cm³/mol. The fraction of sp³-hybridized carbons (Fsp3) is 0.111. The average Bonchev–Trinajstić information content (AvgIpc) is 3.27. The molecule has 0 heterocycles. The van der Waals surface area contributed by atoms with Crippen LogP contribution in [0.3, 0.4) is 0 Å². The summed E-state index contributed by atoms with van der Waals surface area (Å²) in [5.41, 5.74) is 5.29. The highest BCUT2D eigenvalue weighted by atomic mass is 127. The van der Waals surface area contributed by atoms with E-state index < -0.39 is 0 Å². The Morgan fingerprint density at radius 1 is 0.339 bits per heavy atom. The van der Waals surface area contributed by atoms with Crippen LogP contribution in [0.5, 0.6) is 11.5 Å². The van der Waals surface area contributed by atoms with E-state index in [4.69, 9.17) is 9.47 Å². The van der Waals surface area contributed by atoms with Gasteiger partial charge in [-0.25, -0.2) is 0 Å². The Hall–Kier alpha value is -5.21. The molecule has 59 heavy (non-hydrogen) atoms. The van der Waals surface area contributed by atoms with Crippen molar-refractivity contribution in [1.29, 1.82) is 0 Å². The van der Waals surface area contributed by atoms with Crippen molar-refractivity contribution in [2.24, 2.45) is 0 Å². The zero-order valence-electron chi connectivity index (χ0n) is 34.6. The largest absolute Gasteiger partial charge is 0.497 e. The molecule has 0 atom stereocenters. The monoisotopic (exact) mass is 923 g/mol. The van der Waals surface area contributed by atoms with Crippen molar-refractivity contribution in [1.82, 2.24) is 0 Å². The molecule has 8 aromatic carbocycles. The molecule has 2 nitrogen and oxygen atoms in total. The number of rotatable bonds is 10. The third-order valence-electron chi connectivity index (χ3n) is 9.32. The van der Waals surface area contributed by atoms with E-state index in [1.165, 1.54) is 58.8 Å². The van der Waals surface area contributed by atoms with Crippen LogP contribution in [-0.2, 0) is 21.8 Å². The molecular formula is C54H52IO2S2+3. The smallest absolute Gasteiger partial charge is 0.357 e. The zero-order valence-corrected chi connectivity index (χ0v) is 38.4. The lowest BCUT2D eigenvalue weighted by Crippen LogP contribution is -3.61. The number of aryl methyl sites for hydroxylation is 4. The van der Waals surface area contributed by atoms with Gasteiger partial charge in [0.1, 0.15) is 11.5 Å². The van der Waals surface area contributed by atoms with Crippen LogP contribution in [0.1, 0.15) is 22.3 Å². The lowest BCUT2D eigenvalue weighted by molar-refractivity contribution is -0.597. The molecule has 5 heteroatoms. The van der Waals surface area contributed by atoms with Gasteiger partial charge < -0.3 is 9.47 Å². The van der Waals surface area contributed by atoms with Crippen LogP contribution in [0.15, 0.2) is 236 Å². The molecule has 0 fully saturated rings. The molecule has 0 saturated carbocycles. The zero-order chi connectivity index (χ0) is 41.4. The van der Waals surface area contributed by atoms with Crippen LogP contribution in [0.2, 0.25) is 0 Å². The van der Waals surface area contributed by atoms with Crippen LogP contribution in [0, 0.1) is 34.8 Å². The van der Waals surface area contributed by atoms with Crippen LogP contribution in [0.25, 0.3) is 0 Å². The van der Waals surface area contributed by atoms with Gasteiger partial charge in [0.05, 0.1) is 36.0 Å². The van der Waals surface area contributed by atoms with E-state index in [0.29, 0.717) is 0 Å². The number of ether oxygens (including phenoxy) is 2. The Labute approximate surface area is 368 Å². The van der Waals surface area contributed by atoms with Crippen LogP contribution in [0.4, 0.5) is 0 Å². The molecule has 0 bridgehead atoms. The highest BCUT2D eigenvalue weighted by molar-refractivity contribution is 7.97. The lowest BCUT2D eigenvalue weighted by Gasteiger charge is -2.12. The van der Waals surface area contributed by atoms with Crippen molar-refractivity contribution >= 4 is 21.8 Å². The van der Waals surface area contributed by atoms with E-state index in [1.54, 1.807) is 14.2 Å². The topological polar surface area (TPSA) is 18.5 Å². The summed E-state index contributed by atoms with van der Waals surface area (Å²) < 4.78 is 13.8. The lowest BCUT2D eigenvalue weighted by atomic mass is 10.2. The first-order valence-corrected chi connectivity index (χ1v) is 24.2. The van der Waals surface area contributed by atoms with E-state index in [0.717, 1.165) is 11.5 Å². The van der Waals surface area contributed by atoms with Gasteiger partial charge in [0.2, 0.25) is 0 Å². The molecule has 0 N–H and O–H groups in total. The van der Waals surface area contributed by atoms with Crippen molar-refractivity contribution in [3.63, 3.8) is 0 Å². The molecule has 8 rings (SSSR count). The molecule has 0 radical (unpaired) electrons. The summed E-state index contributed by atoms with van der Waals surface area (Å²) in [5.74, 6) is 1.75. The third-order valence-corrected chi connectivity index (χ3v) is 16.7. The molecule has 0 spiro atoms. The molecule has 8 aromatic rings. The number of methoxy groups -OCH3 is 2. The van der Waals surface area contributed by atoms with Crippen molar-refractivity contribution in [3.05, 3.63) is 236 Å². The standard InChI is InChI=1S/C21H21O2S.C21H21S.C12H10I/c1-16-7-4-10-19(13-16)24(20-11-5-8-17(14-20)22-2)21-12-6-9-18(15-21)23-3;1-16-9-8-12-19(15-16)22(20-13-6-4-10-17(20)2)21-14-7-5-11-18(21)3;1-3-7-11(8-4-1)13-12-9-5-2-6-10-12/h4-15H,1-3H3;4-15H,1-3H3;1-10H/q3*+1. The summed E-state index contributed by atoms with van der Waals surface area (Å²) in [6, 6.07) is 73.1. The van der Waals surface area contributed by atoms with E-state index in [9.17, 15) is 0 Å². The minimum atomic E-state index is -0.209. The molecule has 0 aliphatic rings. The van der Waals surface area contributed by atoms with Gasteiger partial charge in [-0.1, -0.05) is 109 Å². The van der Waals surface area contributed by atoms with E-state index in [-0.39, 0.29) is 43.0 Å². The first-order valence-electron chi connectivity index (χ1n) is 19.6. The summed E-state index contributed by atoms with van der Waals surface area (Å²) in [6.07, 6.45) is 0. The second-order valence-corrected chi connectivity index (χ2v) is 20.8. The fourth-order valence-corrected chi connectivity index (χ4v) is 13.3. The first kappa shape index (κ1) is 43.4. The second-order valence-electron chi connectivity index (χ2n) is 13.8. The van der Waals surface area contributed by atoms with Crippen molar-refractivity contribution in [2.45, 2.75) is 57.1 Å². The normalized spacial score (nSPS) is 10.6. The maximum Gasteiger partial charge on any atom is 0.357 e. The molecule has 0 saturated heterocycles. The van der Waals surface area contributed by atoms with Gasteiger partial charge in [-0.3, -0.25) is 0 Å². The maximum atomic E-state index is 5.43. The summed E-state index contributed by atoms with van der Waals surface area (Å²) in [7, 11) is 3.15. The first-order chi connectivity index (χ1) is 28.8. The number of benzene rings is 8. The van der Waals surface area contributed by atoms with Crippen molar-refractivity contribution in [3.8, 4) is 11.5 Å². The minimum absolute atomic E-state index is 0.0287. The predicted octanol–water partition coefficient (Wildman–Crippen LogP) is 10.6. The highest BCUT2D eigenvalue weighted by Crippen LogP contribution is 2.36. The number of hydrogen-bond acceptors (Lipinski definition) is 2. The van der Waals surface area contributed by atoms with Gasteiger partial charge in [0, 0.05) is 23.3 Å². The number of hydrogen-bond donors (Lipinski definition) is 0. The van der Waals surface area contributed by atoms with Crippen LogP contribution in [-0.4, -0.2) is 14.2 Å². The summed E-state index contributed by atoms with van der Waals surface area (Å²) in [5, 5.41) is 0. The Bertz CT molecular complexity index is 2390. The number of halogens is 1. The maximum absolute atomic E-state index is 5.43. The van der Waals surface area contributed by atoms with E-state index in [1.807, 2.05) is 24.3 Å². The molecular weight excluding hydrogens is 872 g/mol. The van der Waals surface area contributed by atoms with Gasteiger partial charge in [0.25, 0.3) is 0 Å². The molecule has 0 aliphatic heterocycles. The second kappa shape index (κ2) is 22.2. The molecule has 296 valence electrons. The van der Waals surface area contributed by atoms with Gasteiger partial charge in [0.15, 0.2) is 36.5 Å². The van der Waals surface area contributed by atoms with Gasteiger partial charge in [-0.05, 0) is 124 Å². The Morgan fingerprint density at radius 3 is 1.08 bits per heavy atom. The third kappa shape index (κ3) is 12.4. The van der Waals surface area contributed by atoms with Gasteiger partial charge in [-0.15, -0.1) is 0 Å². The summed E-state index contributed by atoms with van der Waals surface area (Å²) in [6.45, 7) is 8.72. The van der Waals surface area contributed by atoms with E-state index >= 15 is 0 Å². The Kier molecular flexibility index (Phi) is 16.3. The molecule has 0 aliphatic carbocycles. The van der Waals surface area contributed by atoms with Crippen molar-refractivity contribution in [2.75, 3.05) is 14.2 Å². The average molecular weight is 924 g/mol. The quantitative estimate of drug-likeness (QED) is 0.101.